The van der Waals surface area contributed by atoms with Crippen molar-refractivity contribution in [2.45, 2.75) is 27.7 Å². The SMILES string of the molecule is C=C/C=C(/OC(=C)c1ccc(Oc2ccc(C(=N)C3=C[C]3C(=C)c3ccc(-c4ccccc4)cc3)cc2)cc1)c1ccc(-c2ccccc2)cc1.CC.CC. The third-order valence-corrected chi connectivity index (χ3v) is 8.76. The maximum absolute atomic E-state index is 8.81. The second-order valence-electron chi connectivity index (χ2n) is 12.2. The van der Waals surface area contributed by atoms with E-state index in [1.165, 1.54) is 11.1 Å². The topological polar surface area (TPSA) is 42.3 Å². The molecule has 6 aromatic rings. The summed E-state index contributed by atoms with van der Waals surface area (Å²) in [6.07, 6.45) is 5.57. The molecule has 0 spiro atoms. The molecule has 6 aromatic carbocycles. The number of hydrogen-bond acceptors (Lipinski definition) is 3. The molecule has 1 aliphatic carbocycles. The van der Waals surface area contributed by atoms with E-state index in [1.807, 2.05) is 137 Å². The minimum Gasteiger partial charge on any atom is -0.457 e. The average molecular weight is 719 g/mol. The third kappa shape index (κ3) is 10.0. The lowest BCUT2D eigenvalue weighted by molar-refractivity contribution is 0.471. The Balaban J connectivity index is 0.00000140. The van der Waals surface area contributed by atoms with Crippen molar-refractivity contribution in [1.82, 2.24) is 0 Å². The molecule has 273 valence electrons. The van der Waals surface area contributed by atoms with E-state index in [0.29, 0.717) is 28.7 Å². The van der Waals surface area contributed by atoms with E-state index < -0.39 is 0 Å². The Morgan fingerprint density at radius 3 is 1.40 bits per heavy atom. The van der Waals surface area contributed by atoms with Crippen LogP contribution in [0.15, 0.2) is 201 Å². The van der Waals surface area contributed by atoms with E-state index in [9.17, 15) is 0 Å². The van der Waals surface area contributed by atoms with Crippen molar-refractivity contribution in [1.29, 1.82) is 5.41 Å². The van der Waals surface area contributed by atoms with Crippen molar-refractivity contribution in [3.8, 4) is 33.8 Å². The Morgan fingerprint density at radius 1 is 0.509 bits per heavy atom. The zero-order valence-corrected chi connectivity index (χ0v) is 32.2. The number of nitrogens with one attached hydrogen (secondary N) is 1. The van der Waals surface area contributed by atoms with Crippen molar-refractivity contribution >= 4 is 22.8 Å². The molecule has 0 bridgehead atoms. The summed E-state index contributed by atoms with van der Waals surface area (Å²) >= 11 is 0. The van der Waals surface area contributed by atoms with E-state index in [4.69, 9.17) is 14.9 Å². The van der Waals surface area contributed by atoms with Crippen LogP contribution >= 0.6 is 0 Å². The van der Waals surface area contributed by atoms with E-state index in [-0.39, 0.29) is 0 Å². The van der Waals surface area contributed by atoms with Crippen LogP contribution in [0.5, 0.6) is 11.5 Å². The van der Waals surface area contributed by atoms with Crippen LogP contribution < -0.4 is 4.74 Å². The van der Waals surface area contributed by atoms with Gasteiger partial charge in [-0.25, -0.2) is 0 Å². The van der Waals surface area contributed by atoms with Crippen LogP contribution in [0.4, 0.5) is 0 Å². The molecule has 0 fully saturated rings. The van der Waals surface area contributed by atoms with E-state index in [2.05, 4.69) is 80.4 Å². The lowest BCUT2D eigenvalue weighted by Crippen LogP contribution is -2.00. The fourth-order valence-corrected chi connectivity index (χ4v) is 5.85. The Morgan fingerprint density at radius 2 is 0.927 bits per heavy atom. The summed E-state index contributed by atoms with van der Waals surface area (Å²) in [6.45, 7) is 20.4. The van der Waals surface area contributed by atoms with Gasteiger partial charge in [-0.1, -0.05) is 169 Å². The first kappa shape index (κ1) is 39.5. The number of rotatable bonds is 13. The predicted molar refractivity (Wildman–Crippen MR) is 235 cm³/mol. The molecule has 7 rings (SSSR count). The van der Waals surface area contributed by atoms with Crippen molar-refractivity contribution in [3.05, 3.63) is 229 Å². The molecule has 0 atom stereocenters. The summed E-state index contributed by atoms with van der Waals surface area (Å²) in [4.78, 5) is 0. The van der Waals surface area contributed by atoms with Gasteiger partial charge in [-0.05, 0) is 99.1 Å². The normalized spacial score (nSPS) is 11.7. The van der Waals surface area contributed by atoms with Gasteiger partial charge in [-0.15, -0.1) is 0 Å². The number of allylic oxidation sites excluding steroid dienone is 5. The summed E-state index contributed by atoms with van der Waals surface area (Å²) in [7, 11) is 0. The van der Waals surface area contributed by atoms with Gasteiger partial charge in [0.15, 0.2) is 0 Å². The van der Waals surface area contributed by atoms with Crippen LogP contribution in [0, 0.1) is 11.3 Å². The zero-order valence-electron chi connectivity index (χ0n) is 32.2. The maximum Gasteiger partial charge on any atom is 0.134 e. The van der Waals surface area contributed by atoms with E-state index >= 15 is 0 Å². The van der Waals surface area contributed by atoms with Crippen molar-refractivity contribution in [3.63, 3.8) is 0 Å². The highest BCUT2D eigenvalue weighted by Gasteiger charge is 2.32. The number of ether oxygens (including phenoxy) is 2. The maximum atomic E-state index is 8.81. The fraction of sp³-hybridized carbons (Fsp3) is 0.0769. The van der Waals surface area contributed by atoms with Gasteiger partial charge in [0.2, 0.25) is 0 Å². The number of benzene rings is 6. The first-order chi connectivity index (χ1) is 27.0. The third-order valence-electron chi connectivity index (χ3n) is 8.76. The molecule has 1 radical (unpaired) electrons. The van der Waals surface area contributed by atoms with Gasteiger partial charge in [0.05, 0.1) is 11.6 Å². The molecule has 3 heteroatoms. The van der Waals surface area contributed by atoms with Gasteiger partial charge in [0, 0.05) is 11.1 Å². The molecule has 0 amide bonds. The fourth-order valence-electron chi connectivity index (χ4n) is 5.85. The van der Waals surface area contributed by atoms with Gasteiger partial charge >= 0.3 is 0 Å². The minimum atomic E-state index is 0.471. The van der Waals surface area contributed by atoms with Crippen molar-refractivity contribution < 1.29 is 9.47 Å². The Hall–Kier alpha value is -6.71. The average Bonchev–Trinajstić information content (AvgIpc) is 4.07. The van der Waals surface area contributed by atoms with Crippen molar-refractivity contribution in [2.24, 2.45) is 0 Å². The monoisotopic (exact) mass is 718 g/mol. The highest BCUT2D eigenvalue weighted by Crippen LogP contribution is 2.44. The molecule has 0 unspecified atom stereocenters. The standard InChI is InChI=1S/C48H36NO2.2C2H6/c1-4-11-47(41-22-20-40(21-23-41)38-14-9-6-10-15-38)50-34(3)36-24-28-43(29-25-36)51-44-30-26-42(27-31-44)48(49)46-32-45(46)33(2)35-16-18-39(19-17-35)37-12-7-5-8-13-37;2*1-2/h4-32,49H,1-3H2;2*1-2H3/b47-11+,49-48?;;. The molecular formula is C52H48NO2. The lowest BCUT2D eigenvalue weighted by atomic mass is 9.95. The first-order valence-corrected chi connectivity index (χ1v) is 18.7. The van der Waals surface area contributed by atoms with E-state index in [0.717, 1.165) is 50.4 Å². The molecule has 0 aromatic heterocycles. The van der Waals surface area contributed by atoms with Crippen LogP contribution in [-0.2, 0) is 4.74 Å². The predicted octanol–water partition coefficient (Wildman–Crippen LogP) is 14.7. The Bertz CT molecular complexity index is 2260. The van der Waals surface area contributed by atoms with Crippen LogP contribution in [0.2, 0.25) is 0 Å². The molecule has 1 aliphatic rings. The molecular weight excluding hydrogens is 671 g/mol. The van der Waals surface area contributed by atoms with Gasteiger partial charge < -0.3 is 9.47 Å². The van der Waals surface area contributed by atoms with Gasteiger partial charge in [-0.2, -0.15) is 0 Å². The van der Waals surface area contributed by atoms with Crippen LogP contribution in [0.3, 0.4) is 0 Å². The number of hydrogen-bond donors (Lipinski definition) is 1. The summed E-state index contributed by atoms with van der Waals surface area (Å²) in [5.41, 5.74) is 10.6. The summed E-state index contributed by atoms with van der Waals surface area (Å²) in [5.74, 6) is 3.56. The van der Waals surface area contributed by atoms with Gasteiger partial charge in [0.1, 0.15) is 23.0 Å². The molecule has 55 heavy (non-hydrogen) atoms. The van der Waals surface area contributed by atoms with Gasteiger partial charge in [0.25, 0.3) is 0 Å². The highest BCUT2D eigenvalue weighted by atomic mass is 16.5. The molecule has 0 saturated heterocycles. The summed E-state index contributed by atoms with van der Waals surface area (Å²) in [6, 6.07) is 52.5. The first-order valence-electron chi connectivity index (χ1n) is 18.7. The quantitative estimate of drug-likeness (QED) is 0.0734. The largest absolute Gasteiger partial charge is 0.457 e. The summed E-state index contributed by atoms with van der Waals surface area (Å²) in [5, 5.41) is 8.81. The Kier molecular flexibility index (Phi) is 13.9. The Labute approximate surface area is 327 Å². The van der Waals surface area contributed by atoms with Crippen LogP contribution in [0.25, 0.3) is 39.3 Å². The minimum absolute atomic E-state index is 0.471. The molecule has 1 N–H and O–H groups in total. The molecule has 0 heterocycles. The van der Waals surface area contributed by atoms with Crippen molar-refractivity contribution in [2.75, 3.05) is 0 Å². The lowest BCUT2D eigenvalue weighted by Gasteiger charge is -2.14. The van der Waals surface area contributed by atoms with Gasteiger partial charge in [-0.3, -0.25) is 5.41 Å². The molecule has 0 saturated carbocycles. The zero-order chi connectivity index (χ0) is 39.2. The van der Waals surface area contributed by atoms with Crippen LogP contribution in [0.1, 0.15) is 49.9 Å². The summed E-state index contributed by atoms with van der Waals surface area (Å²) < 4.78 is 12.3. The molecule has 3 nitrogen and oxygen atoms in total. The molecule has 0 aliphatic heterocycles. The second kappa shape index (κ2) is 19.4. The van der Waals surface area contributed by atoms with E-state index in [1.54, 1.807) is 6.08 Å². The second-order valence-corrected chi connectivity index (χ2v) is 12.2. The van der Waals surface area contributed by atoms with Crippen LogP contribution in [-0.4, -0.2) is 5.71 Å². The smallest absolute Gasteiger partial charge is 0.134 e. The highest BCUT2D eigenvalue weighted by molar-refractivity contribution is 6.21.